The molecule has 0 spiro atoms. The molecular formula is C19H28N4O. The van der Waals surface area contributed by atoms with E-state index >= 15 is 0 Å². The van der Waals surface area contributed by atoms with Gasteiger partial charge in [0.1, 0.15) is 0 Å². The molecule has 0 unspecified atom stereocenters. The summed E-state index contributed by atoms with van der Waals surface area (Å²) in [6.07, 6.45) is 8.03. The first-order valence-electron chi connectivity index (χ1n) is 8.93. The molecular weight excluding hydrogens is 300 g/mol. The van der Waals surface area contributed by atoms with Gasteiger partial charge in [0.2, 0.25) is 0 Å². The van der Waals surface area contributed by atoms with E-state index in [4.69, 9.17) is 0 Å². The predicted molar refractivity (Wildman–Crippen MR) is 99.5 cm³/mol. The van der Waals surface area contributed by atoms with Crippen molar-refractivity contribution in [1.29, 1.82) is 0 Å². The van der Waals surface area contributed by atoms with Crippen LogP contribution in [0.5, 0.6) is 0 Å². The lowest BCUT2D eigenvalue weighted by atomic mass is 9.96. The average Bonchev–Trinajstić information content (AvgIpc) is 2.96. The molecule has 0 aliphatic heterocycles. The van der Waals surface area contributed by atoms with Crippen molar-refractivity contribution < 1.29 is 4.79 Å². The summed E-state index contributed by atoms with van der Waals surface area (Å²) in [6, 6.07) is 8.46. The van der Waals surface area contributed by atoms with Gasteiger partial charge in [0.15, 0.2) is 0 Å². The zero-order chi connectivity index (χ0) is 16.9. The number of carbonyl (C=O) groups excluding carboxylic acids is 1. The number of nitrogens with one attached hydrogen (secondary N) is 2. The summed E-state index contributed by atoms with van der Waals surface area (Å²) in [5.74, 6) is 0. The molecule has 1 aliphatic carbocycles. The highest BCUT2D eigenvalue weighted by Gasteiger charge is 2.15. The first kappa shape index (κ1) is 16.8. The summed E-state index contributed by atoms with van der Waals surface area (Å²) in [5, 5.41) is 7.29. The zero-order valence-electron chi connectivity index (χ0n) is 14.7. The van der Waals surface area contributed by atoms with E-state index in [1.54, 1.807) is 0 Å². The normalized spacial score (nSPS) is 15.8. The molecule has 1 heterocycles. The number of anilines is 1. The third-order valence-electron chi connectivity index (χ3n) is 4.76. The average molecular weight is 328 g/mol. The van der Waals surface area contributed by atoms with Crippen LogP contribution in [0.25, 0.3) is 10.9 Å². The molecule has 2 N–H and O–H groups in total. The van der Waals surface area contributed by atoms with Crippen molar-refractivity contribution in [2.75, 3.05) is 26.0 Å². The van der Waals surface area contributed by atoms with Crippen LogP contribution in [-0.4, -0.2) is 42.2 Å². The quantitative estimate of drug-likeness (QED) is 0.880. The second-order valence-corrected chi connectivity index (χ2v) is 7.02. The van der Waals surface area contributed by atoms with E-state index in [0.29, 0.717) is 6.04 Å². The molecule has 1 saturated carbocycles. The van der Waals surface area contributed by atoms with Crippen LogP contribution in [0.2, 0.25) is 0 Å². The van der Waals surface area contributed by atoms with Crippen molar-refractivity contribution in [3.05, 3.63) is 30.5 Å². The molecule has 2 aromatic rings. The van der Waals surface area contributed by atoms with Crippen molar-refractivity contribution in [2.45, 2.75) is 44.7 Å². The number of benzene rings is 1. The molecule has 2 amide bonds. The van der Waals surface area contributed by atoms with Crippen LogP contribution in [0.3, 0.4) is 0 Å². The van der Waals surface area contributed by atoms with E-state index < -0.39 is 0 Å². The Hall–Kier alpha value is -2.01. The number of fused-ring (bicyclic) bond motifs is 1. The lowest BCUT2D eigenvalue weighted by molar-refractivity contribution is 0.244. The fraction of sp³-hybridized carbons (Fsp3) is 0.526. The van der Waals surface area contributed by atoms with Gasteiger partial charge in [0.05, 0.1) is 5.52 Å². The molecule has 3 rings (SSSR count). The number of aromatic nitrogens is 1. The molecule has 1 fully saturated rings. The van der Waals surface area contributed by atoms with Crippen molar-refractivity contribution in [2.24, 2.45) is 0 Å². The second-order valence-electron chi connectivity index (χ2n) is 7.02. The Kier molecular flexibility index (Phi) is 5.41. The number of rotatable bonds is 5. The highest BCUT2D eigenvalue weighted by atomic mass is 16.2. The Bertz CT molecular complexity index is 686. The minimum atomic E-state index is -0.0901. The van der Waals surface area contributed by atoms with Crippen LogP contribution in [0.1, 0.15) is 32.1 Å². The Morgan fingerprint density at radius 3 is 2.75 bits per heavy atom. The molecule has 1 aromatic carbocycles. The molecule has 0 saturated heterocycles. The first-order valence-corrected chi connectivity index (χ1v) is 8.93. The largest absolute Gasteiger partial charge is 0.346 e. The van der Waals surface area contributed by atoms with Crippen molar-refractivity contribution in [3.63, 3.8) is 0 Å². The highest BCUT2D eigenvalue weighted by molar-refractivity contribution is 5.93. The molecule has 0 bridgehead atoms. The third kappa shape index (κ3) is 4.29. The van der Waals surface area contributed by atoms with Crippen molar-refractivity contribution >= 4 is 22.6 Å². The molecule has 24 heavy (non-hydrogen) atoms. The summed E-state index contributed by atoms with van der Waals surface area (Å²) in [4.78, 5) is 14.4. The molecule has 5 nitrogen and oxygen atoms in total. The zero-order valence-corrected chi connectivity index (χ0v) is 14.7. The van der Waals surface area contributed by atoms with Crippen LogP contribution in [-0.2, 0) is 6.54 Å². The van der Waals surface area contributed by atoms with E-state index in [1.165, 1.54) is 24.6 Å². The number of hydrogen-bond donors (Lipinski definition) is 2. The van der Waals surface area contributed by atoms with E-state index in [2.05, 4.69) is 58.6 Å². The van der Waals surface area contributed by atoms with E-state index in [9.17, 15) is 4.79 Å². The fourth-order valence-electron chi connectivity index (χ4n) is 3.36. The second kappa shape index (κ2) is 7.71. The molecule has 1 aromatic heterocycles. The summed E-state index contributed by atoms with van der Waals surface area (Å²) in [6.45, 7) is 1.93. The van der Waals surface area contributed by atoms with Crippen LogP contribution < -0.4 is 10.6 Å². The number of urea groups is 1. The minimum absolute atomic E-state index is 0.0901. The van der Waals surface area contributed by atoms with Gasteiger partial charge in [0.25, 0.3) is 0 Å². The van der Waals surface area contributed by atoms with Crippen molar-refractivity contribution in [3.8, 4) is 0 Å². The van der Waals surface area contributed by atoms with Gasteiger partial charge in [-0.05, 0) is 50.5 Å². The van der Waals surface area contributed by atoms with Crippen LogP contribution >= 0.6 is 0 Å². The summed E-state index contributed by atoms with van der Waals surface area (Å²) in [5.41, 5.74) is 2.01. The Morgan fingerprint density at radius 2 is 2.00 bits per heavy atom. The molecule has 1 aliphatic rings. The van der Waals surface area contributed by atoms with Crippen molar-refractivity contribution in [1.82, 2.24) is 14.8 Å². The summed E-state index contributed by atoms with van der Waals surface area (Å²) >= 11 is 0. The maximum absolute atomic E-state index is 12.2. The maximum atomic E-state index is 12.2. The van der Waals surface area contributed by atoms with Gasteiger partial charge in [0, 0.05) is 31.0 Å². The summed E-state index contributed by atoms with van der Waals surface area (Å²) in [7, 11) is 4.16. The minimum Gasteiger partial charge on any atom is -0.346 e. The van der Waals surface area contributed by atoms with E-state index in [1.807, 2.05) is 6.07 Å². The van der Waals surface area contributed by atoms with E-state index in [0.717, 1.165) is 37.1 Å². The van der Waals surface area contributed by atoms with Gasteiger partial charge in [-0.3, -0.25) is 0 Å². The van der Waals surface area contributed by atoms with Gasteiger partial charge < -0.3 is 20.1 Å². The number of carbonyl (C=O) groups is 1. The number of nitrogens with zero attached hydrogens (tertiary/aromatic N) is 2. The van der Waals surface area contributed by atoms with Gasteiger partial charge in [-0.1, -0.05) is 25.3 Å². The Balaban J connectivity index is 1.65. The van der Waals surface area contributed by atoms with Gasteiger partial charge in [-0.25, -0.2) is 4.79 Å². The topological polar surface area (TPSA) is 49.3 Å². The first-order chi connectivity index (χ1) is 11.6. The number of likely N-dealkylation sites (N-methyl/N-ethyl adjacent to an activating group) is 1. The van der Waals surface area contributed by atoms with Crippen LogP contribution in [0.4, 0.5) is 10.5 Å². The maximum Gasteiger partial charge on any atom is 0.319 e. The van der Waals surface area contributed by atoms with Gasteiger partial charge >= 0.3 is 6.03 Å². The standard InChI is InChI=1S/C19H28N4O/c1-22(2)12-13-23-11-10-15-8-9-17(14-18(15)23)21-19(24)20-16-6-4-3-5-7-16/h8-11,14,16H,3-7,12-13H2,1-2H3,(H2,20,21,24). The Morgan fingerprint density at radius 1 is 1.21 bits per heavy atom. The number of amides is 2. The molecule has 0 radical (unpaired) electrons. The molecule has 130 valence electrons. The number of hydrogen-bond acceptors (Lipinski definition) is 2. The fourth-order valence-corrected chi connectivity index (χ4v) is 3.36. The van der Waals surface area contributed by atoms with Gasteiger partial charge in [-0.2, -0.15) is 0 Å². The third-order valence-corrected chi connectivity index (χ3v) is 4.76. The lowest BCUT2D eigenvalue weighted by Gasteiger charge is -2.22. The SMILES string of the molecule is CN(C)CCn1ccc2ccc(NC(=O)NC3CCCCC3)cc21. The van der Waals surface area contributed by atoms with Crippen LogP contribution in [0, 0.1) is 0 Å². The molecule has 5 heteroatoms. The van der Waals surface area contributed by atoms with Gasteiger partial charge in [-0.15, -0.1) is 0 Å². The monoisotopic (exact) mass is 328 g/mol. The smallest absolute Gasteiger partial charge is 0.319 e. The Labute approximate surface area is 144 Å². The lowest BCUT2D eigenvalue weighted by Crippen LogP contribution is -2.39. The van der Waals surface area contributed by atoms with Crippen LogP contribution in [0.15, 0.2) is 30.5 Å². The predicted octanol–water partition coefficient (Wildman–Crippen LogP) is 3.66. The van der Waals surface area contributed by atoms with E-state index in [-0.39, 0.29) is 6.03 Å². The molecule has 0 atom stereocenters. The summed E-state index contributed by atoms with van der Waals surface area (Å²) < 4.78 is 2.24. The highest BCUT2D eigenvalue weighted by Crippen LogP contribution is 2.21.